The summed E-state index contributed by atoms with van der Waals surface area (Å²) in [7, 11) is 3.18. The van der Waals surface area contributed by atoms with Crippen molar-refractivity contribution < 1.29 is 19.1 Å². The van der Waals surface area contributed by atoms with Crippen LogP contribution in [-0.4, -0.2) is 41.2 Å². The number of nitrogens with zero attached hydrogens (tertiary/aromatic N) is 3. The zero-order valence-electron chi connectivity index (χ0n) is 17.1. The lowest BCUT2D eigenvalue weighted by Gasteiger charge is -2.20. The highest BCUT2D eigenvalue weighted by Crippen LogP contribution is 2.27. The van der Waals surface area contributed by atoms with Gasteiger partial charge in [0.05, 0.1) is 6.20 Å². The van der Waals surface area contributed by atoms with E-state index in [1.54, 1.807) is 56.6 Å². The summed E-state index contributed by atoms with van der Waals surface area (Å²) < 4.78 is 14.4. The largest absolute Gasteiger partial charge is 0.465 e. The molecule has 0 radical (unpaired) electrons. The molecule has 0 atom stereocenters. The van der Waals surface area contributed by atoms with Gasteiger partial charge in [-0.25, -0.2) is 14.2 Å². The lowest BCUT2D eigenvalue weighted by Crippen LogP contribution is -2.19. The summed E-state index contributed by atoms with van der Waals surface area (Å²) in [4.78, 5) is 32.5. The van der Waals surface area contributed by atoms with E-state index in [1.807, 2.05) is 6.92 Å². The third-order valence-electron chi connectivity index (χ3n) is 4.51. The molecule has 0 saturated carbocycles. The van der Waals surface area contributed by atoms with Crippen molar-refractivity contribution in [2.75, 3.05) is 29.6 Å². The molecule has 3 aromatic rings. The number of hydrogen-bond acceptors (Lipinski definition) is 6. The van der Waals surface area contributed by atoms with Crippen LogP contribution in [0.2, 0.25) is 0 Å². The summed E-state index contributed by atoms with van der Waals surface area (Å²) >= 11 is 0. The Bertz CT molecular complexity index is 1120. The van der Waals surface area contributed by atoms with E-state index in [9.17, 15) is 14.0 Å². The van der Waals surface area contributed by atoms with Crippen molar-refractivity contribution in [3.63, 3.8) is 0 Å². The van der Waals surface area contributed by atoms with Crippen LogP contribution in [0.15, 0.2) is 48.7 Å². The van der Waals surface area contributed by atoms with Gasteiger partial charge < -0.3 is 20.6 Å². The Labute approximate surface area is 178 Å². The molecular formula is C21H21FN6O3. The second-order valence-electron chi connectivity index (χ2n) is 6.64. The number of aryl methyl sites for hydroxylation is 1. The first kappa shape index (κ1) is 21.5. The van der Waals surface area contributed by atoms with Crippen LogP contribution >= 0.6 is 0 Å². The molecule has 0 spiro atoms. The topological polar surface area (TPSA) is 119 Å². The van der Waals surface area contributed by atoms with E-state index in [2.05, 4.69) is 25.9 Å². The SMILES string of the molecule is CNC(=O)c1cc(Nc2ncc(F)c(N(C)c3ccc(NC(=O)O)cc3)n2)ccc1C. The third kappa shape index (κ3) is 5.04. The number of carbonyl (C=O) groups is 2. The Balaban J connectivity index is 1.85. The molecular weight excluding hydrogens is 403 g/mol. The van der Waals surface area contributed by atoms with E-state index in [-0.39, 0.29) is 17.7 Å². The summed E-state index contributed by atoms with van der Waals surface area (Å²) in [6, 6.07) is 11.6. The minimum atomic E-state index is -1.17. The Hall–Kier alpha value is -4.21. The maximum atomic E-state index is 14.4. The number of carboxylic acid groups (broad SMARTS) is 1. The van der Waals surface area contributed by atoms with Crippen LogP contribution < -0.4 is 20.9 Å². The number of aromatic nitrogens is 2. The zero-order valence-corrected chi connectivity index (χ0v) is 17.1. The number of anilines is 5. The van der Waals surface area contributed by atoms with E-state index in [1.165, 1.54) is 4.90 Å². The van der Waals surface area contributed by atoms with Crippen molar-refractivity contribution in [3.05, 3.63) is 65.6 Å². The molecule has 1 heterocycles. The van der Waals surface area contributed by atoms with Gasteiger partial charge in [-0.05, 0) is 48.9 Å². The van der Waals surface area contributed by atoms with Crippen LogP contribution in [0.4, 0.5) is 38.0 Å². The van der Waals surface area contributed by atoms with Crippen molar-refractivity contribution in [1.29, 1.82) is 0 Å². The summed E-state index contributed by atoms with van der Waals surface area (Å²) in [5.74, 6) is -0.674. The molecule has 2 aromatic carbocycles. The molecule has 0 bridgehead atoms. The lowest BCUT2D eigenvalue weighted by atomic mass is 10.1. The number of carbonyl (C=O) groups excluding carboxylic acids is 1. The van der Waals surface area contributed by atoms with Gasteiger partial charge in [-0.3, -0.25) is 10.1 Å². The van der Waals surface area contributed by atoms with Gasteiger partial charge in [-0.2, -0.15) is 4.98 Å². The fraction of sp³-hybridized carbons (Fsp3) is 0.143. The van der Waals surface area contributed by atoms with Crippen molar-refractivity contribution >= 4 is 40.8 Å². The van der Waals surface area contributed by atoms with Gasteiger partial charge in [0.15, 0.2) is 11.6 Å². The Kier molecular flexibility index (Phi) is 6.29. The second kappa shape index (κ2) is 9.08. The molecule has 0 saturated heterocycles. The van der Waals surface area contributed by atoms with E-state index in [0.717, 1.165) is 11.8 Å². The summed E-state index contributed by atoms with van der Waals surface area (Å²) in [6.45, 7) is 1.83. The maximum Gasteiger partial charge on any atom is 0.409 e. The minimum absolute atomic E-state index is 0.0232. The smallest absolute Gasteiger partial charge is 0.409 e. The van der Waals surface area contributed by atoms with Crippen molar-refractivity contribution in [3.8, 4) is 0 Å². The molecule has 0 unspecified atom stereocenters. The van der Waals surface area contributed by atoms with Crippen molar-refractivity contribution in [2.45, 2.75) is 6.92 Å². The number of halogens is 1. The molecule has 0 aliphatic heterocycles. The van der Waals surface area contributed by atoms with Gasteiger partial charge in [-0.15, -0.1) is 0 Å². The van der Waals surface area contributed by atoms with Gasteiger partial charge in [-0.1, -0.05) is 6.07 Å². The Morgan fingerprint density at radius 2 is 1.77 bits per heavy atom. The first-order valence-corrected chi connectivity index (χ1v) is 9.24. The zero-order chi connectivity index (χ0) is 22.5. The van der Waals surface area contributed by atoms with Gasteiger partial charge in [0.1, 0.15) is 0 Å². The molecule has 1 aromatic heterocycles. The van der Waals surface area contributed by atoms with Crippen molar-refractivity contribution in [2.24, 2.45) is 0 Å². The first-order chi connectivity index (χ1) is 14.8. The van der Waals surface area contributed by atoms with Gasteiger partial charge in [0.25, 0.3) is 5.91 Å². The predicted octanol–water partition coefficient (Wildman–Crippen LogP) is 3.89. The number of rotatable bonds is 6. The van der Waals surface area contributed by atoms with Crippen LogP contribution in [-0.2, 0) is 0 Å². The van der Waals surface area contributed by atoms with Crippen LogP contribution in [0.5, 0.6) is 0 Å². The quantitative estimate of drug-likeness (QED) is 0.474. The third-order valence-corrected chi connectivity index (χ3v) is 4.51. The van der Waals surface area contributed by atoms with E-state index in [4.69, 9.17) is 5.11 Å². The fourth-order valence-electron chi connectivity index (χ4n) is 2.88. The van der Waals surface area contributed by atoms with Crippen LogP contribution in [0.1, 0.15) is 15.9 Å². The van der Waals surface area contributed by atoms with E-state index < -0.39 is 11.9 Å². The summed E-state index contributed by atoms with van der Waals surface area (Å²) in [5, 5.41) is 16.6. The number of benzene rings is 2. The molecule has 10 heteroatoms. The molecule has 0 fully saturated rings. The van der Waals surface area contributed by atoms with Gasteiger partial charge in [0.2, 0.25) is 5.95 Å². The Morgan fingerprint density at radius 1 is 1.10 bits per heavy atom. The highest BCUT2D eigenvalue weighted by atomic mass is 19.1. The monoisotopic (exact) mass is 424 g/mol. The number of amides is 2. The average molecular weight is 424 g/mol. The molecule has 160 valence electrons. The van der Waals surface area contributed by atoms with E-state index >= 15 is 0 Å². The Morgan fingerprint density at radius 3 is 2.42 bits per heavy atom. The molecule has 0 aliphatic carbocycles. The average Bonchev–Trinajstić information content (AvgIpc) is 2.75. The van der Waals surface area contributed by atoms with E-state index in [0.29, 0.717) is 22.6 Å². The van der Waals surface area contributed by atoms with Crippen molar-refractivity contribution in [1.82, 2.24) is 15.3 Å². The standard InChI is InChI=1S/C21H21FN6O3/c1-12-4-5-14(10-16(12)19(29)23-2)25-20-24-11-17(22)18(27-20)28(3)15-8-6-13(7-9-15)26-21(30)31/h4-11,26H,1-3H3,(H,23,29)(H,30,31)(H,24,25,27). The predicted molar refractivity (Wildman–Crippen MR) is 116 cm³/mol. The van der Waals surface area contributed by atoms with Crippen LogP contribution in [0.3, 0.4) is 0 Å². The maximum absolute atomic E-state index is 14.4. The van der Waals surface area contributed by atoms with Gasteiger partial charge >= 0.3 is 6.09 Å². The molecule has 3 rings (SSSR count). The molecule has 31 heavy (non-hydrogen) atoms. The molecule has 0 aliphatic rings. The molecule has 4 N–H and O–H groups in total. The van der Waals surface area contributed by atoms with Gasteiger partial charge in [0, 0.05) is 36.7 Å². The number of nitrogens with one attached hydrogen (secondary N) is 3. The first-order valence-electron chi connectivity index (χ1n) is 9.24. The normalized spacial score (nSPS) is 10.3. The highest BCUT2D eigenvalue weighted by molar-refractivity contribution is 5.96. The van der Waals surface area contributed by atoms with Crippen LogP contribution in [0.25, 0.3) is 0 Å². The minimum Gasteiger partial charge on any atom is -0.465 e. The fourth-order valence-corrected chi connectivity index (χ4v) is 2.88. The second-order valence-corrected chi connectivity index (χ2v) is 6.64. The number of hydrogen-bond donors (Lipinski definition) is 4. The highest BCUT2D eigenvalue weighted by Gasteiger charge is 2.15. The lowest BCUT2D eigenvalue weighted by molar-refractivity contribution is 0.0962. The summed E-state index contributed by atoms with van der Waals surface area (Å²) in [5.41, 5.74) is 2.87. The summed E-state index contributed by atoms with van der Waals surface area (Å²) in [6.07, 6.45) is -0.121. The van der Waals surface area contributed by atoms with Crippen LogP contribution in [0, 0.1) is 12.7 Å². The molecule has 9 nitrogen and oxygen atoms in total. The molecule has 2 amide bonds.